The number of hydrogen-bond acceptors (Lipinski definition) is 4. The number of rotatable bonds is 8. The Hall–Kier alpha value is -4.52. The minimum Gasteiger partial charge on any atom is -0.339 e. The van der Waals surface area contributed by atoms with E-state index in [0.29, 0.717) is 11.8 Å². The SMILES string of the molecule is CC/C=C\c1c(C(=O)N2CCC(C(=Nc3ccccc3C)C(C)C)CC2)ccnc1C.CCc1cccc(F)c1.CCc1cncc(F)c1. The molecule has 49 heavy (non-hydrogen) atoms. The van der Waals surface area contributed by atoms with Crippen LogP contribution in [0.25, 0.3) is 6.08 Å². The molecule has 260 valence electrons. The molecule has 1 fully saturated rings. The molecule has 0 aliphatic carbocycles. The zero-order valence-corrected chi connectivity index (χ0v) is 30.2. The highest BCUT2D eigenvalue weighted by Gasteiger charge is 2.29. The Morgan fingerprint density at radius 2 is 1.61 bits per heavy atom. The molecule has 5 nitrogen and oxygen atoms in total. The molecule has 0 radical (unpaired) electrons. The highest BCUT2D eigenvalue weighted by molar-refractivity contribution is 5.98. The van der Waals surface area contributed by atoms with Gasteiger partial charge >= 0.3 is 0 Å². The fraction of sp³-hybridized carbons (Fsp3) is 0.381. The maximum Gasteiger partial charge on any atom is 0.254 e. The van der Waals surface area contributed by atoms with Crippen LogP contribution in [0, 0.1) is 37.3 Å². The van der Waals surface area contributed by atoms with Gasteiger partial charge in [0.25, 0.3) is 5.91 Å². The molecule has 1 saturated heterocycles. The molecule has 1 amide bonds. The first-order chi connectivity index (χ1) is 23.6. The zero-order valence-electron chi connectivity index (χ0n) is 30.2. The average Bonchev–Trinajstić information content (AvgIpc) is 3.11. The average molecular weight is 667 g/mol. The lowest BCUT2D eigenvalue weighted by Crippen LogP contribution is -2.41. The summed E-state index contributed by atoms with van der Waals surface area (Å²) >= 11 is 0. The van der Waals surface area contributed by atoms with Gasteiger partial charge in [-0.15, -0.1) is 0 Å². The third kappa shape index (κ3) is 12.1. The summed E-state index contributed by atoms with van der Waals surface area (Å²) in [5, 5.41) is 0. The van der Waals surface area contributed by atoms with Crippen molar-refractivity contribution in [3.05, 3.63) is 130 Å². The first-order valence-electron chi connectivity index (χ1n) is 17.5. The molecule has 7 heteroatoms. The molecule has 0 saturated carbocycles. The number of allylic oxidation sites excluding steroid dienone is 1. The lowest BCUT2D eigenvalue weighted by molar-refractivity contribution is 0.0708. The molecule has 0 atom stereocenters. The monoisotopic (exact) mass is 666 g/mol. The number of halogens is 2. The molecule has 1 aliphatic heterocycles. The van der Waals surface area contributed by atoms with Crippen LogP contribution in [-0.2, 0) is 12.8 Å². The molecule has 3 heterocycles. The van der Waals surface area contributed by atoms with E-state index in [0.717, 1.165) is 78.8 Å². The Kier molecular flexibility index (Phi) is 16.0. The number of aromatic nitrogens is 2. The molecule has 0 spiro atoms. The fourth-order valence-corrected chi connectivity index (χ4v) is 5.68. The van der Waals surface area contributed by atoms with Gasteiger partial charge < -0.3 is 4.90 Å². The Morgan fingerprint density at radius 1 is 0.918 bits per heavy atom. The van der Waals surface area contributed by atoms with Gasteiger partial charge in [0.05, 0.1) is 17.4 Å². The molecule has 0 N–H and O–H groups in total. The molecule has 2 aromatic carbocycles. The summed E-state index contributed by atoms with van der Waals surface area (Å²) in [4.78, 5) is 28.4. The molecular weight excluding hydrogens is 614 g/mol. The molecular formula is C42H52F2N4O. The summed E-state index contributed by atoms with van der Waals surface area (Å²) in [6.45, 7) is 16.1. The third-order valence-electron chi connectivity index (χ3n) is 8.56. The molecule has 0 bridgehead atoms. The summed E-state index contributed by atoms with van der Waals surface area (Å²) in [5.74, 6) is 0.521. The normalized spacial score (nSPS) is 13.5. The van der Waals surface area contributed by atoms with E-state index in [1.54, 1.807) is 24.5 Å². The van der Waals surface area contributed by atoms with Crippen molar-refractivity contribution in [2.45, 2.75) is 80.6 Å². The summed E-state index contributed by atoms with van der Waals surface area (Å²) in [5.41, 5.74) is 8.11. The van der Waals surface area contributed by atoms with Gasteiger partial charge in [-0.05, 0) is 98.9 Å². The van der Waals surface area contributed by atoms with E-state index < -0.39 is 0 Å². The van der Waals surface area contributed by atoms with Crippen molar-refractivity contribution in [2.24, 2.45) is 16.8 Å². The van der Waals surface area contributed by atoms with E-state index >= 15 is 0 Å². The summed E-state index contributed by atoms with van der Waals surface area (Å²) in [7, 11) is 0. The van der Waals surface area contributed by atoms with Crippen molar-refractivity contribution in [2.75, 3.05) is 13.1 Å². The van der Waals surface area contributed by atoms with Crippen molar-refractivity contribution in [1.82, 2.24) is 14.9 Å². The van der Waals surface area contributed by atoms with Crippen molar-refractivity contribution in [1.29, 1.82) is 0 Å². The van der Waals surface area contributed by atoms with Gasteiger partial charge in [-0.2, -0.15) is 0 Å². The van der Waals surface area contributed by atoms with Crippen LogP contribution in [0.1, 0.15) is 92.2 Å². The number of pyridine rings is 2. The summed E-state index contributed by atoms with van der Waals surface area (Å²) in [6.07, 6.45) is 13.3. The first kappa shape index (κ1) is 38.9. The van der Waals surface area contributed by atoms with Gasteiger partial charge in [0.1, 0.15) is 11.6 Å². The van der Waals surface area contributed by atoms with Crippen LogP contribution in [0.15, 0.2) is 90.3 Å². The number of aliphatic imine (C=N–C) groups is 1. The second kappa shape index (κ2) is 20.1. The predicted molar refractivity (Wildman–Crippen MR) is 199 cm³/mol. The Balaban J connectivity index is 0.000000291. The van der Waals surface area contributed by atoms with E-state index in [2.05, 4.69) is 61.9 Å². The minimum atomic E-state index is -0.255. The number of aryl methyl sites for hydroxylation is 4. The van der Waals surface area contributed by atoms with E-state index in [4.69, 9.17) is 4.99 Å². The van der Waals surface area contributed by atoms with Crippen LogP contribution in [0.3, 0.4) is 0 Å². The van der Waals surface area contributed by atoms with E-state index in [-0.39, 0.29) is 17.5 Å². The fourth-order valence-electron chi connectivity index (χ4n) is 5.68. The topological polar surface area (TPSA) is 58.5 Å². The number of nitrogens with zero attached hydrogens (tertiary/aromatic N) is 4. The minimum absolute atomic E-state index is 0.113. The lowest BCUT2D eigenvalue weighted by Gasteiger charge is -2.34. The number of amides is 1. The number of carbonyl (C=O) groups is 1. The van der Waals surface area contributed by atoms with Crippen molar-refractivity contribution >= 4 is 23.4 Å². The van der Waals surface area contributed by atoms with Crippen LogP contribution >= 0.6 is 0 Å². The third-order valence-corrected chi connectivity index (χ3v) is 8.56. The van der Waals surface area contributed by atoms with E-state index in [9.17, 15) is 13.6 Å². The molecule has 0 unspecified atom stereocenters. The zero-order chi connectivity index (χ0) is 35.8. The lowest BCUT2D eigenvalue weighted by atomic mass is 9.86. The number of piperidine rings is 1. The molecule has 5 rings (SSSR count). The highest BCUT2D eigenvalue weighted by atomic mass is 19.1. The number of hydrogen-bond donors (Lipinski definition) is 0. The van der Waals surface area contributed by atoms with Crippen LogP contribution < -0.4 is 0 Å². The van der Waals surface area contributed by atoms with Crippen molar-refractivity contribution in [3.8, 4) is 0 Å². The van der Waals surface area contributed by atoms with Gasteiger partial charge in [0.2, 0.25) is 0 Å². The second-order valence-corrected chi connectivity index (χ2v) is 12.6. The van der Waals surface area contributed by atoms with Gasteiger partial charge in [-0.3, -0.25) is 19.8 Å². The Morgan fingerprint density at radius 3 is 2.18 bits per heavy atom. The smallest absolute Gasteiger partial charge is 0.254 e. The van der Waals surface area contributed by atoms with Crippen LogP contribution in [0.4, 0.5) is 14.5 Å². The van der Waals surface area contributed by atoms with Gasteiger partial charge in [-0.1, -0.05) is 77.1 Å². The summed E-state index contributed by atoms with van der Waals surface area (Å²) < 4.78 is 24.6. The molecule has 2 aromatic heterocycles. The summed E-state index contributed by atoms with van der Waals surface area (Å²) in [6, 6.07) is 18.3. The predicted octanol–water partition coefficient (Wildman–Crippen LogP) is 10.6. The van der Waals surface area contributed by atoms with Gasteiger partial charge in [-0.25, -0.2) is 8.78 Å². The van der Waals surface area contributed by atoms with E-state index in [1.165, 1.54) is 29.6 Å². The van der Waals surface area contributed by atoms with Gasteiger partial charge in [0.15, 0.2) is 0 Å². The number of likely N-dealkylation sites (tertiary alicyclic amines) is 1. The quantitative estimate of drug-likeness (QED) is 0.176. The van der Waals surface area contributed by atoms with Crippen molar-refractivity contribution in [3.63, 3.8) is 0 Å². The second-order valence-electron chi connectivity index (χ2n) is 12.6. The largest absolute Gasteiger partial charge is 0.339 e. The number of benzene rings is 2. The number of para-hydroxylation sites is 1. The Bertz CT molecular complexity index is 1640. The van der Waals surface area contributed by atoms with Crippen LogP contribution in [0.2, 0.25) is 0 Å². The maximum absolute atomic E-state index is 13.3. The maximum atomic E-state index is 13.3. The number of carbonyl (C=O) groups excluding carboxylic acids is 1. The van der Waals surface area contributed by atoms with Crippen LogP contribution in [0.5, 0.6) is 0 Å². The Labute approximate surface area is 292 Å². The van der Waals surface area contributed by atoms with Crippen molar-refractivity contribution < 1.29 is 13.6 Å². The standard InChI is InChI=1S/C27H35N3O.C8H9F.C7H8FN/c1-6-7-11-23-21(5)28-16-13-24(23)27(31)30-17-14-22(15-18-30)26(19(2)3)29-25-12-9-8-10-20(25)4;1-2-7-4-3-5-8(9)6-7;1-2-6-3-7(8)5-9-4-6/h7-13,16,19,22H,6,14-15,17-18H2,1-5H3;3-6H,2H2,1H3;3-5H,2H2,1H3/b11-7-,29-26?;;. The van der Waals surface area contributed by atoms with E-state index in [1.807, 2.05) is 49.9 Å². The molecule has 4 aromatic rings. The van der Waals surface area contributed by atoms with Gasteiger partial charge in [0, 0.05) is 48.4 Å². The van der Waals surface area contributed by atoms with Crippen LogP contribution in [-0.4, -0.2) is 39.6 Å². The first-order valence-corrected chi connectivity index (χ1v) is 17.5. The molecule has 1 aliphatic rings. The highest BCUT2D eigenvalue weighted by Crippen LogP contribution is 2.28.